The van der Waals surface area contributed by atoms with Crippen molar-refractivity contribution in [3.05, 3.63) is 27.5 Å². The van der Waals surface area contributed by atoms with Crippen molar-refractivity contribution in [1.29, 1.82) is 0 Å². The van der Waals surface area contributed by atoms with Crippen molar-refractivity contribution in [3.63, 3.8) is 0 Å². The van der Waals surface area contributed by atoms with E-state index in [4.69, 9.17) is 0 Å². The average molecular weight is 287 g/mol. The minimum atomic E-state index is 1.11. The van der Waals surface area contributed by atoms with Crippen molar-refractivity contribution in [1.82, 2.24) is 0 Å². The Morgan fingerprint density at radius 3 is 2.86 bits per heavy atom. The Labute approximate surface area is 101 Å². The lowest BCUT2D eigenvalue weighted by Crippen LogP contribution is -1.84. The highest BCUT2D eigenvalue weighted by Crippen LogP contribution is 2.35. The molecule has 0 fully saturated rings. The molecule has 0 atom stereocenters. The van der Waals surface area contributed by atoms with Crippen molar-refractivity contribution < 1.29 is 0 Å². The van der Waals surface area contributed by atoms with Crippen LogP contribution in [0.4, 0.5) is 0 Å². The van der Waals surface area contributed by atoms with Crippen LogP contribution in [0.1, 0.15) is 12.5 Å². The van der Waals surface area contributed by atoms with Gasteiger partial charge in [0.25, 0.3) is 0 Å². The van der Waals surface area contributed by atoms with Crippen LogP contribution >= 0.6 is 39.0 Å². The number of benzene rings is 1. The Balaban J connectivity index is 2.71. The van der Waals surface area contributed by atoms with Gasteiger partial charge in [-0.2, -0.15) is 0 Å². The van der Waals surface area contributed by atoms with Crippen LogP contribution in [0.15, 0.2) is 26.9 Å². The molecular formula is C11H11BrS2. The van der Waals surface area contributed by atoms with Crippen LogP contribution in [-0.2, 0) is 6.42 Å². The van der Waals surface area contributed by atoms with E-state index < -0.39 is 0 Å². The minimum Gasteiger partial charge on any atom is -0.143 e. The third-order valence-electron chi connectivity index (χ3n) is 2.31. The van der Waals surface area contributed by atoms with Crippen LogP contribution in [-0.4, -0.2) is 6.26 Å². The first-order valence-corrected chi connectivity index (χ1v) is 7.39. The highest BCUT2D eigenvalue weighted by Gasteiger charge is 2.06. The molecule has 0 N–H and O–H groups in total. The topological polar surface area (TPSA) is 0 Å². The molecular weight excluding hydrogens is 276 g/mol. The van der Waals surface area contributed by atoms with E-state index >= 15 is 0 Å². The fourth-order valence-corrected chi connectivity index (χ4v) is 3.89. The SMILES string of the molecule is CCc1cc2c(Br)csc2cc1SC. The summed E-state index contributed by atoms with van der Waals surface area (Å²) in [6.07, 6.45) is 3.25. The number of halogens is 1. The Hall–Kier alpha value is 0.01000. The van der Waals surface area contributed by atoms with Gasteiger partial charge in [-0.25, -0.2) is 0 Å². The summed E-state index contributed by atoms with van der Waals surface area (Å²) in [6, 6.07) is 4.61. The van der Waals surface area contributed by atoms with Gasteiger partial charge in [0.15, 0.2) is 0 Å². The molecule has 0 saturated carbocycles. The second kappa shape index (κ2) is 4.25. The third-order valence-corrected chi connectivity index (χ3v) is 5.03. The first-order valence-electron chi connectivity index (χ1n) is 4.50. The first-order chi connectivity index (χ1) is 6.76. The molecule has 0 aliphatic heterocycles. The summed E-state index contributed by atoms with van der Waals surface area (Å²) in [5.74, 6) is 0. The van der Waals surface area contributed by atoms with E-state index in [2.05, 4.69) is 46.6 Å². The smallest absolute Gasteiger partial charge is 0.0365 e. The first kappa shape index (κ1) is 10.5. The lowest BCUT2D eigenvalue weighted by atomic mass is 10.1. The molecule has 0 saturated heterocycles. The van der Waals surface area contributed by atoms with Gasteiger partial charge in [-0.15, -0.1) is 23.1 Å². The number of thiophene rings is 1. The molecule has 0 bridgehead atoms. The van der Waals surface area contributed by atoms with Crippen molar-refractivity contribution in [2.75, 3.05) is 6.26 Å². The van der Waals surface area contributed by atoms with Crippen molar-refractivity contribution in [2.45, 2.75) is 18.2 Å². The highest BCUT2D eigenvalue weighted by atomic mass is 79.9. The van der Waals surface area contributed by atoms with Crippen molar-refractivity contribution in [3.8, 4) is 0 Å². The van der Waals surface area contributed by atoms with Crippen LogP contribution in [0.25, 0.3) is 10.1 Å². The predicted molar refractivity (Wildman–Crippen MR) is 70.7 cm³/mol. The number of hydrogen-bond donors (Lipinski definition) is 0. The maximum Gasteiger partial charge on any atom is 0.0365 e. The average Bonchev–Trinajstić information content (AvgIpc) is 2.58. The largest absolute Gasteiger partial charge is 0.143 e. The zero-order valence-corrected chi connectivity index (χ0v) is 11.4. The van der Waals surface area contributed by atoms with E-state index in [-0.39, 0.29) is 0 Å². The Morgan fingerprint density at radius 1 is 1.43 bits per heavy atom. The van der Waals surface area contributed by atoms with E-state index in [9.17, 15) is 0 Å². The van der Waals surface area contributed by atoms with Gasteiger partial charge in [0.1, 0.15) is 0 Å². The molecule has 0 amide bonds. The molecule has 3 heteroatoms. The summed E-state index contributed by atoms with van der Waals surface area (Å²) in [7, 11) is 0. The summed E-state index contributed by atoms with van der Waals surface area (Å²) in [4.78, 5) is 1.41. The van der Waals surface area contributed by atoms with E-state index in [0.29, 0.717) is 0 Å². The third kappa shape index (κ3) is 1.73. The number of thioether (sulfide) groups is 1. The molecule has 0 nitrogen and oxygen atoms in total. The quantitative estimate of drug-likeness (QED) is 0.704. The number of hydrogen-bond acceptors (Lipinski definition) is 2. The van der Waals surface area contributed by atoms with Gasteiger partial charge in [0.05, 0.1) is 0 Å². The monoisotopic (exact) mass is 286 g/mol. The molecule has 74 valence electrons. The zero-order chi connectivity index (χ0) is 10.1. The second-order valence-corrected chi connectivity index (χ2v) is 5.71. The lowest BCUT2D eigenvalue weighted by Gasteiger charge is -2.05. The normalized spacial score (nSPS) is 11.1. The standard InChI is InChI=1S/C11H11BrS2/c1-3-7-4-8-9(12)6-14-11(8)5-10(7)13-2/h4-6H,3H2,1-2H3. The predicted octanol–water partition coefficient (Wildman–Crippen LogP) is 4.95. The molecule has 0 aliphatic rings. The van der Waals surface area contributed by atoms with Crippen molar-refractivity contribution in [2.24, 2.45) is 0 Å². The Kier molecular flexibility index (Phi) is 3.20. The summed E-state index contributed by atoms with van der Waals surface area (Å²) in [5.41, 5.74) is 1.45. The number of fused-ring (bicyclic) bond motifs is 1. The van der Waals surface area contributed by atoms with E-state index in [1.807, 2.05) is 11.8 Å². The molecule has 1 aromatic carbocycles. The van der Waals surface area contributed by atoms with Gasteiger partial charge in [0, 0.05) is 24.8 Å². The van der Waals surface area contributed by atoms with Crippen LogP contribution in [0.2, 0.25) is 0 Å². The summed E-state index contributed by atoms with van der Waals surface area (Å²) >= 11 is 7.22. The van der Waals surface area contributed by atoms with Gasteiger partial charge in [0.2, 0.25) is 0 Å². The lowest BCUT2D eigenvalue weighted by molar-refractivity contribution is 1.09. The van der Waals surface area contributed by atoms with Crippen LogP contribution in [0.5, 0.6) is 0 Å². The summed E-state index contributed by atoms with van der Waals surface area (Å²) in [5, 5.41) is 3.51. The molecule has 0 unspecified atom stereocenters. The molecule has 0 radical (unpaired) electrons. The Bertz CT molecular complexity index is 460. The van der Waals surface area contributed by atoms with Crippen molar-refractivity contribution >= 4 is 49.1 Å². The van der Waals surface area contributed by atoms with Gasteiger partial charge >= 0.3 is 0 Å². The van der Waals surface area contributed by atoms with E-state index in [1.54, 1.807) is 11.3 Å². The number of rotatable bonds is 2. The molecule has 2 rings (SSSR count). The van der Waals surface area contributed by atoms with Crippen LogP contribution < -0.4 is 0 Å². The molecule has 0 spiro atoms. The maximum atomic E-state index is 3.58. The second-order valence-electron chi connectivity index (χ2n) is 3.10. The molecule has 2 aromatic rings. The minimum absolute atomic E-state index is 1.11. The number of aryl methyl sites for hydroxylation is 1. The van der Waals surface area contributed by atoms with Gasteiger partial charge in [-0.05, 0) is 46.3 Å². The van der Waals surface area contributed by atoms with E-state index in [1.165, 1.54) is 25.0 Å². The highest BCUT2D eigenvalue weighted by molar-refractivity contribution is 9.10. The molecule has 14 heavy (non-hydrogen) atoms. The van der Waals surface area contributed by atoms with Gasteiger partial charge < -0.3 is 0 Å². The van der Waals surface area contributed by atoms with Crippen LogP contribution in [0.3, 0.4) is 0 Å². The van der Waals surface area contributed by atoms with Crippen LogP contribution in [0, 0.1) is 0 Å². The molecule has 1 aromatic heterocycles. The molecule has 1 heterocycles. The summed E-state index contributed by atoms with van der Waals surface area (Å²) < 4.78 is 2.60. The van der Waals surface area contributed by atoms with Gasteiger partial charge in [-0.1, -0.05) is 6.92 Å². The molecule has 0 aliphatic carbocycles. The Morgan fingerprint density at radius 2 is 2.21 bits per heavy atom. The van der Waals surface area contributed by atoms with E-state index in [0.717, 1.165) is 6.42 Å². The fourth-order valence-electron chi connectivity index (χ4n) is 1.54. The fraction of sp³-hybridized carbons (Fsp3) is 0.273. The zero-order valence-electron chi connectivity index (χ0n) is 8.13. The van der Waals surface area contributed by atoms with Gasteiger partial charge in [-0.3, -0.25) is 0 Å². The summed E-state index contributed by atoms with van der Waals surface area (Å²) in [6.45, 7) is 2.21. The maximum absolute atomic E-state index is 3.58.